The third kappa shape index (κ3) is 2.32. The molecule has 3 rings (SSSR count). The molecule has 3 heteroatoms. The van der Waals surface area contributed by atoms with Gasteiger partial charge in [-0.15, -0.1) is 0 Å². The van der Waals surface area contributed by atoms with Gasteiger partial charge >= 0.3 is 0 Å². The zero-order chi connectivity index (χ0) is 11.5. The number of aliphatic imine (C=N–C) groups is 1. The van der Waals surface area contributed by atoms with Gasteiger partial charge in [-0.05, 0) is 36.7 Å². The van der Waals surface area contributed by atoms with Gasteiger partial charge in [-0.3, -0.25) is 4.99 Å². The lowest BCUT2D eigenvalue weighted by Gasteiger charge is -2.11. The third-order valence-electron chi connectivity index (χ3n) is 3.16. The quantitative estimate of drug-likeness (QED) is 0.658. The molecule has 86 valence electrons. The lowest BCUT2D eigenvalue weighted by atomic mass is 10.1. The number of fused-ring (bicyclic) bond motifs is 1. The fourth-order valence-corrected chi connectivity index (χ4v) is 2.17. The van der Waals surface area contributed by atoms with E-state index in [0.29, 0.717) is 5.92 Å². The summed E-state index contributed by atoms with van der Waals surface area (Å²) in [6.07, 6.45) is 2.92. The van der Waals surface area contributed by atoms with E-state index < -0.39 is 0 Å². The van der Waals surface area contributed by atoms with Gasteiger partial charge in [-0.1, -0.05) is 11.8 Å². The molecular weight excluding hydrogens is 210 g/mol. The second-order valence-corrected chi connectivity index (χ2v) is 4.45. The first-order valence-corrected chi connectivity index (χ1v) is 6.02. The number of rotatable bonds is 0. The molecule has 2 N–H and O–H groups in total. The largest absolute Gasteiger partial charge is 0.346 e. The van der Waals surface area contributed by atoms with E-state index in [1.165, 1.54) is 12.0 Å². The number of hydrogen-bond acceptors (Lipinski definition) is 3. The lowest BCUT2D eigenvalue weighted by Crippen LogP contribution is -2.07. The van der Waals surface area contributed by atoms with Gasteiger partial charge in [0.25, 0.3) is 0 Å². The summed E-state index contributed by atoms with van der Waals surface area (Å²) in [5, 5.41) is 6.46. The molecule has 0 bridgehead atoms. The predicted molar refractivity (Wildman–Crippen MR) is 70.1 cm³/mol. The molecule has 1 unspecified atom stereocenters. The zero-order valence-electron chi connectivity index (χ0n) is 9.66. The summed E-state index contributed by atoms with van der Waals surface area (Å²) >= 11 is 0. The topological polar surface area (TPSA) is 36.4 Å². The molecule has 0 radical (unpaired) electrons. The molecule has 0 aromatic heterocycles. The van der Waals surface area contributed by atoms with Gasteiger partial charge < -0.3 is 10.6 Å². The van der Waals surface area contributed by atoms with E-state index in [1.807, 2.05) is 0 Å². The Labute approximate surface area is 101 Å². The maximum Gasteiger partial charge on any atom is 0.0872 e. The van der Waals surface area contributed by atoms with Gasteiger partial charge in [-0.25, -0.2) is 0 Å². The van der Waals surface area contributed by atoms with Crippen LogP contribution in [0.3, 0.4) is 0 Å². The SMILES string of the molecule is C(#CC1CCNC1)c1ccc2c(c1)CN=CN2. The second-order valence-electron chi connectivity index (χ2n) is 4.45. The predicted octanol–water partition coefficient (Wildman–Crippen LogP) is 1.60. The van der Waals surface area contributed by atoms with Crippen molar-refractivity contribution in [1.82, 2.24) is 5.32 Å². The van der Waals surface area contributed by atoms with Crippen molar-refractivity contribution in [2.24, 2.45) is 10.9 Å². The molecule has 2 aliphatic heterocycles. The first-order valence-electron chi connectivity index (χ1n) is 6.02. The van der Waals surface area contributed by atoms with Crippen molar-refractivity contribution >= 4 is 12.0 Å². The van der Waals surface area contributed by atoms with E-state index in [2.05, 4.69) is 45.7 Å². The van der Waals surface area contributed by atoms with Crippen LogP contribution in [-0.4, -0.2) is 19.4 Å². The van der Waals surface area contributed by atoms with Crippen LogP contribution >= 0.6 is 0 Å². The van der Waals surface area contributed by atoms with Crippen LogP contribution in [-0.2, 0) is 6.54 Å². The molecule has 0 spiro atoms. The van der Waals surface area contributed by atoms with E-state index in [4.69, 9.17) is 0 Å². The molecule has 1 aromatic carbocycles. The van der Waals surface area contributed by atoms with Gasteiger partial charge in [0.05, 0.1) is 12.9 Å². The van der Waals surface area contributed by atoms with Crippen LogP contribution in [0.2, 0.25) is 0 Å². The summed E-state index contributed by atoms with van der Waals surface area (Å²) < 4.78 is 0. The van der Waals surface area contributed by atoms with Crippen LogP contribution in [0.15, 0.2) is 23.2 Å². The summed E-state index contributed by atoms with van der Waals surface area (Å²) in [5.74, 6) is 7.12. The molecule has 0 amide bonds. The summed E-state index contributed by atoms with van der Waals surface area (Å²) in [6, 6.07) is 6.28. The molecule has 17 heavy (non-hydrogen) atoms. The highest BCUT2D eigenvalue weighted by molar-refractivity contribution is 5.79. The molecule has 1 atom stereocenters. The standard InChI is InChI=1S/C14H15N3/c1(2-12-5-6-15-8-12)11-3-4-14-13(7-11)9-16-10-17-14/h3-4,7,10,12,15H,5-6,8-9H2,(H,16,17). The number of anilines is 1. The number of nitrogens with one attached hydrogen (secondary N) is 2. The van der Waals surface area contributed by atoms with Gasteiger partial charge in [0.1, 0.15) is 0 Å². The molecule has 2 aliphatic rings. The van der Waals surface area contributed by atoms with E-state index in [-0.39, 0.29) is 0 Å². The van der Waals surface area contributed by atoms with Gasteiger partial charge in [0.2, 0.25) is 0 Å². The van der Waals surface area contributed by atoms with E-state index in [9.17, 15) is 0 Å². The third-order valence-corrected chi connectivity index (χ3v) is 3.16. The molecule has 0 aliphatic carbocycles. The Morgan fingerprint density at radius 2 is 2.35 bits per heavy atom. The summed E-state index contributed by atoms with van der Waals surface area (Å²) in [4.78, 5) is 4.20. The molecular formula is C14H15N3. The van der Waals surface area contributed by atoms with Crippen LogP contribution in [0.1, 0.15) is 17.5 Å². The molecule has 2 heterocycles. The van der Waals surface area contributed by atoms with Crippen molar-refractivity contribution in [3.63, 3.8) is 0 Å². The van der Waals surface area contributed by atoms with Gasteiger partial charge in [0, 0.05) is 23.7 Å². The Kier molecular flexibility index (Phi) is 2.81. The first kappa shape index (κ1) is 10.4. The van der Waals surface area contributed by atoms with Crippen LogP contribution < -0.4 is 10.6 Å². The Morgan fingerprint density at radius 3 is 3.24 bits per heavy atom. The Bertz CT molecular complexity index is 502. The van der Waals surface area contributed by atoms with E-state index in [1.54, 1.807) is 6.34 Å². The minimum atomic E-state index is 0.516. The smallest absolute Gasteiger partial charge is 0.0872 e. The average Bonchev–Trinajstić information content (AvgIpc) is 2.89. The Morgan fingerprint density at radius 1 is 1.35 bits per heavy atom. The molecule has 1 aromatic rings. The maximum absolute atomic E-state index is 4.20. The zero-order valence-corrected chi connectivity index (χ0v) is 9.66. The fraction of sp³-hybridized carbons (Fsp3) is 0.357. The summed E-state index contributed by atoms with van der Waals surface area (Å²) in [7, 11) is 0. The maximum atomic E-state index is 4.20. The summed E-state index contributed by atoms with van der Waals surface area (Å²) in [6.45, 7) is 2.88. The number of nitrogens with zero attached hydrogens (tertiary/aromatic N) is 1. The minimum Gasteiger partial charge on any atom is -0.346 e. The van der Waals surface area contributed by atoms with Crippen molar-refractivity contribution in [3.05, 3.63) is 29.3 Å². The average molecular weight is 225 g/mol. The Balaban J connectivity index is 1.80. The van der Waals surface area contributed by atoms with E-state index in [0.717, 1.165) is 30.9 Å². The first-order chi connectivity index (χ1) is 8.42. The highest BCUT2D eigenvalue weighted by Crippen LogP contribution is 2.20. The molecule has 0 saturated carbocycles. The van der Waals surface area contributed by atoms with Crippen molar-refractivity contribution in [2.75, 3.05) is 18.4 Å². The highest BCUT2D eigenvalue weighted by Gasteiger charge is 2.10. The van der Waals surface area contributed by atoms with E-state index >= 15 is 0 Å². The monoisotopic (exact) mass is 225 g/mol. The van der Waals surface area contributed by atoms with Crippen LogP contribution in [0.5, 0.6) is 0 Å². The highest BCUT2D eigenvalue weighted by atomic mass is 15.0. The number of benzene rings is 1. The van der Waals surface area contributed by atoms with Crippen molar-refractivity contribution in [1.29, 1.82) is 0 Å². The van der Waals surface area contributed by atoms with Gasteiger partial charge in [0.15, 0.2) is 0 Å². The summed E-state index contributed by atoms with van der Waals surface area (Å²) in [5.41, 5.74) is 3.46. The second kappa shape index (κ2) is 4.60. The van der Waals surface area contributed by atoms with Crippen LogP contribution in [0.25, 0.3) is 0 Å². The fourth-order valence-electron chi connectivity index (χ4n) is 2.17. The normalized spacial score (nSPS) is 21.3. The number of hydrogen-bond donors (Lipinski definition) is 2. The van der Waals surface area contributed by atoms with Gasteiger partial charge in [-0.2, -0.15) is 0 Å². The Hall–Kier alpha value is -1.79. The lowest BCUT2D eigenvalue weighted by molar-refractivity contribution is 0.755. The van der Waals surface area contributed by atoms with Crippen molar-refractivity contribution in [3.8, 4) is 11.8 Å². The molecule has 1 fully saturated rings. The minimum absolute atomic E-state index is 0.516. The molecule has 1 saturated heterocycles. The molecule has 3 nitrogen and oxygen atoms in total. The van der Waals surface area contributed by atoms with Crippen LogP contribution in [0, 0.1) is 17.8 Å². The van der Waals surface area contributed by atoms with Crippen LogP contribution in [0.4, 0.5) is 5.69 Å². The van der Waals surface area contributed by atoms with Crippen molar-refractivity contribution in [2.45, 2.75) is 13.0 Å². The van der Waals surface area contributed by atoms with Crippen molar-refractivity contribution < 1.29 is 0 Å².